The lowest BCUT2D eigenvalue weighted by Gasteiger charge is -2.26. The van der Waals surface area contributed by atoms with Crippen LogP contribution < -0.4 is 0 Å². The van der Waals surface area contributed by atoms with E-state index in [1.54, 1.807) is 17.2 Å². The Bertz CT molecular complexity index is 505. The first-order chi connectivity index (χ1) is 10.6. The zero-order valence-electron chi connectivity index (χ0n) is 13.5. The molecule has 1 aromatic rings. The third kappa shape index (κ3) is 4.29. The number of aromatic nitrogens is 1. The van der Waals surface area contributed by atoms with Gasteiger partial charge in [-0.05, 0) is 38.8 Å². The summed E-state index contributed by atoms with van der Waals surface area (Å²) >= 11 is 0. The maximum Gasteiger partial charge on any atom is 0.255 e. The number of hydrogen-bond donors (Lipinski definition) is 0. The molecule has 0 aliphatic carbocycles. The van der Waals surface area contributed by atoms with Crippen molar-refractivity contribution in [3.8, 4) is 0 Å². The Morgan fingerprint density at radius 1 is 1.18 bits per heavy atom. The van der Waals surface area contributed by atoms with Gasteiger partial charge in [0, 0.05) is 31.5 Å². The molecule has 0 atom stereocenters. The van der Waals surface area contributed by atoms with Crippen LogP contribution in [0.5, 0.6) is 0 Å². The molecule has 5 nitrogen and oxygen atoms in total. The minimum absolute atomic E-state index is 0.0529. The summed E-state index contributed by atoms with van der Waals surface area (Å²) in [5.41, 5.74) is 1.41. The van der Waals surface area contributed by atoms with Crippen LogP contribution in [-0.2, 0) is 4.79 Å². The van der Waals surface area contributed by atoms with Crippen molar-refractivity contribution in [3.05, 3.63) is 29.6 Å². The summed E-state index contributed by atoms with van der Waals surface area (Å²) in [7, 11) is 0. The van der Waals surface area contributed by atoms with E-state index in [9.17, 15) is 9.59 Å². The average molecular weight is 303 g/mol. The quantitative estimate of drug-likeness (QED) is 0.857. The van der Waals surface area contributed by atoms with Gasteiger partial charge < -0.3 is 9.80 Å². The van der Waals surface area contributed by atoms with Crippen LogP contribution in [0.4, 0.5) is 0 Å². The highest BCUT2D eigenvalue weighted by atomic mass is 16.2. The molecule has 1 fully saturated rings. The lowest BCUT2D eigenvalue weighted by Crippen LogP contribution is -2.43. The first kappa shape index (κ1) is 16.5. The van der Waals surface area contributed by atoms with Crippen LogP contribution in [0.2, 0.25) is 0 Å². The fourth-order valence-corrected chi connectivity index (χ4v) is 2.69. The molecular formula is C17H25N3O2. The molecule has 120 valence electrons. The van der Waals surface area contributed by atoms with Gasteiger partial charge in [0.25, 0.3) is 5.91 Å². The van der Waals surface area contributed by atoms with Crippen LogP contribution in [0.3, 0.4) is 0 Å². The maximum absolute atomic E-state index is 12.5. The van der Waals surface area contributed by atoms with E-state index in [1.807, 2.05) is 24.8 Å². The van der Waals surface area contributed by atoms with Gasteiger partial charge in [0.15, 0.2) is 0 Å². The smallest absolute Gasteiger partial charge is 0.255 e. The van der Waals surface area contributed by atoms with Gasteiger partial charge >= 0.3 is 0 Å². The van der Waals surface area contributed by atoms with E-state index in [2.05, 4.69) is 4.98 Å². The van der Waals surface area contributed by atoms with Crippen LogP contribution in [0, 0.1) is 6.92 Å². The number of pyridine rings is 1. The second-order valence-electron chi connectivity index (χ2n) is 5.80. The topological polar surface area (TPSA) is 53.5 Å². The molecule has 1 aliphatic heterocycles. The van der Waals surface area contributed by atoms with Gasteiger partial charge in [0.2, 0.25) is 5.91 Å². The summed E-state index contributed by atoms with van der Waals surface area (Å²) in [4.78, 5) is 32.6. The van der Waals surface area contributed by atoms with Crippen LogP contribution in [0.1, 0.15) is 48.7 Å². The molecule has 1 aromatic heterocycles. The maximum atomic E-state index is 12.5. The molecule has 0 N–H and O–H groups in total. The van der Waals surface area contributed by atoms with E-state index in [-0.39, 0.29) is 18.4 Å². The highest BCUT2D eigenvalue weighted by Crippen LogP contribution is 2.11. The molecule has 2 rings (SSSR count). The number of likely N-dealkylation sites (N-methyl/N-ethyl adjacent to an activating group) is 1. The predicted octanol–water partition coefficient (Wildman–Crippen LogP) is 2.25. The summed E-state index contributed by atoms with van der Waals surface area (Å²) in [5, 5.41) is 0. The molecule has 0 aromatic carbocycles. The summed E-state index contributed by atoms with van der Waals surface area (Å²) in [5.74, 6) is -0.0738. The number of aryl methyl sites for hydroxylation is 1. The molecule has 0 saturated carbocycles. The lowest BCUT2D eigenvalue weighted by atomic mass is 10.2. The SMILES string of the molecule is CCN(CC(=O)N1CCCCCC1)C(=O)c1ccc(C)nc1. The van der Waals surface area contributed by atoms with Gasteiger partial charge in [-0.3, -0.25) is 14.6 Å². The number of hydrogen-bond acceptors (Lipinski definition) is 3. The molecule has 0 spiro atoms. The third-order valence-corrected chi connectivity index (χ3v) is 4.11. The van der Waals surface area contributed by atoms with Crippen LogP contribution in [-0.4, -0.2) is 52.8 Å². The Hall–Kier alpha value is -1.91. The number of rotatable bonds is 4. The highest BCUT2D eigenvalue weighted by molar-refractivity contribution is 5.96. The van der Waals surface area contributed by atoms with E-state index in [0.29, 0.717) is 12.1 Å². The Morgan fingerprint density at radius 3 is 2.41 bits per heavy atom. The van der Waals surface area contributed by atoms with E-state index >= 15 is 0 Å². The standard InChI is InChI=1S/C17H25N3O2/c1-3-19(17(22)15-9-8-14(2)18-12-15)13-16(21)20-10-6-4-5-7-11-20/h8-9,12H,3-7,10-11,13H2,1-2H3. The molecule has 1 aliphatic rings. The van der Waals surface area contributed by atoms with Crippen LogP contribution in [0.15, 0.2) is 18.3 Å². The van der Waals surface area contributed by atoms with Crippen molar-refractivity contribution in [2.45, 2.75) is 39.5 Å². The Labute approximate surface area is 132 Å². The Morgan fingerprint density at radius 2 is 1.86 bits per heavy atom. The zero-order valence-corrected chi connectivity index (χ0v) is 13.5. The van der Waals surface area contributed by atoms with Crippen molar-refractivity contribution in [2.75, 3.05) is 26.2 Å². The minimum Gasteiger partial charge on any atom is -0.341 e. The van der Waals surface area contributed by atoms with Crippen molar-refractivity contribution in [1.82, 2.24) is 14.8 Å². The first-order valence-corrected chi connectivity index (χ1v) is 8.11. The number of carbonyl (C=O) groups excluding carboxylic acids is 2. The van der Waals surface area contributed by atoms with Gasteiger partial charge in [-0.25, -0.2) is 0 Å². The lowest BCUT2D eigenvalue weighted by molar-refractivity contribution is -0.131. The monoisotopic (exact) mass is 303 g/mol. The molecule has 2 amide bonds. The summed E-state index contributed by atoms with van der Waals surface area (Å²) in [6.07, 6.45) is 6.09. The molecule has 22 heavy (non-hydrogen) atoms. The van der Waals surface area contributed by atoms with Gasteiger partial charge in [-0.15, -0.1) is 0 Å². The molecule has 0 bridgehead atoms. The first-order valence-electron chi connectivity index (χ1n) is 8.11. The molecule has 5 heteroatoms. The minimum atomic E-state index is -0.127. The van der Waals surface area contributed by atoms with E-state index in [4.69, 9.17) is 0 Å². The summed E-state index contributed by atoms with van der Waals surface area (Å²) < 4.78 is 0. The van der Waals surface area contributed by atoms with E-state index in [1.165, 1.54) is 12.8 Å². The number of likely N-dealkylation sites (tertiary alicyclic amines) is 1. The van der Waals surface area contributed by atoms with Crippen molar-refractivity contribution in [3.63, 3.8) is 0 Å². The van der Waals surface area contributed by atoms with Gasteiger partial charge in [-0.2, -0.15) is 0 Å². The average Bonchev–Trinajstić information content (AvgIpc) is 2.81. The molecular weight excluding hydrogens is 278 g/mol. The molecule has 0 radical (unpaired) electrons. The van der Waals surface area contributed by atoms with Crippen LogP contribution in [0.25, 0.3) is 0 Å². The fraction of sp³-hybridized carbons (Fsp3) is 0.588. The second-order valence-corrected chi connectivity index (χ2v) is 5.80. The van der Waals surface area contributed by atoms with Crippen molar-refractivity contribution < 1.29 is 9.59 Å². The third-order valence-electron chi connectivity index (χ3n) is 4.11. The van der Waals surface area contributed by atoms with Gasteiger partial charge in [0.05, 0.1) is 5.56 Å². The van der Waals surface area contributed by atoms with Crippen molar-refractivity contribution in [1.29, 1.82) is 0 Å². The Balaban J connectivity index is 1.99. The van der Waals surface area contributed by atoms with E-state index in [0.717, 1.165) is 31.6 Å². The summed E-state index contributed by atoms with van der Waals surface area (Å²) in [6.45, 7) is 6.09. The molecule has 2 heterocycles. The number of carbonyl (C=O) groups is 2. The number of nitrogens with zero attached hydrogens (tertiary/aromatic N) is 3. The molecule has 0 unspecified atom stereocenters. The Kier molecular flexibility index (Phi) is 5.92. The van der Waals surface area contributed by atoms with E-state index < -0.39 is 0 Å². The second kappa shape index (κ2) is 7.92. The van der Waals surface area contributed by atoms with Crippen LogP contribution >= 0.6 is 0 Å². The fourth-order valence-electron chi connectivity index (χ4n) is 2.69. The van der Waals surface area contributed by atoms with Crippen molar-refractivity contribution >= 4 is 11.8 Å². The van der Waals surface area contributed by atoms with Gasteiger partial charge in [-0.1, -0.05) is 12.8 Å². The largest absolute Gasteiger partial charge is 0.341 e. The molecule has 1 saturated heterocycles. The normalized spacial score (nSPS) is 15.3. The highest BCUT2D eigenvalue weighted by Gasteiger charge is 2.21. The van der Waals surface area contributed by atoms with Gasteiger partial charge in [0.1, 0.15) is 6.54 Å². The number of amides is 2. The van der Waals surface area contributed by atoms with Crippen molar-refractivity contribution in [2.24, 2.45) is 0 Å². The predicted molar refractivity (Wildman–Crippen MR) is 85.6 cm³/mol. The zero-order chi connectivity index (χ0) is 15.9. The summed E-state index contributed by atoms with van der Waals surface area (Å²) in [6, 6.07) is 3.58.